The molecule has 23 heavy (non-hydrogen) atoms. The predicted molar refractivity (Wildman–Crippen MR) is 78.2 cm³/mol. The molecule has 0 radical (unpaired) electrons. The monoisotopic (exact) mass is 313 g/mol. The lowest BCUT2D eigenvalue weighted by Gasteiger charge is -2.15. The van der Waals surface area contributed by atoms with Crippen LogP contribution in [-0.2, 0) is 13.1 Å². The highest BCUT2D eigenvalue weighted by molar-refractivity contribution is 5.94. The molecule has 0 bridgehead atoms. The van der Waals surface area contributed by atoms with Crippen LogP contribution in [0.4, 0.5) is 0 Å². The second kappa shape index (κ2) is 6.34. The van der Waals surface area contributed by atoms with Crippen LogP contribution in [0.1, 0.15) is 27.6 Å². The number of carbonyl (C=O) groups is 1. The molecule has 118 valence electrons. The molecule has 2 aromatic heterocycles. The molecule has 0 saturated heterocycles. The van der Waals surface area contributed by atoms with E-state index < -0.39 is 0 Å². The SMILES string of the molecule is Cc1nc(CN(C)C(=O)c2ccc(Cn3cnnn3)cc2)no1. The molecule has 3 aromatic rings. The van der Waals surface area contributed by atoms with Gasteiger partial charge in [-0.1, -0.05) is 17.3 Å². The zero-order valence-corrected chi connectivity index (χ0v) is 12.7. The van der Waals surface area contributed by atoms with Crippen LogP contribution in [0.5, 0.6) is 0 Å². The van der Waals surface area contributed by atoms with Crippen LogP contribution in [0.25, 0.3) is 0 Å². The number of aryl methyl sites for hydroxylation is 1. The van der Waals surface area contributed by atoms with Crippen molar-refractivity contribution in [2.45, 2.75) is 20.0 Å². The summed E-state index contributed by atoms with van der Waals surface area (Å²) in [6, 6.07) is 7.31. The van der Waals surface area contributed by atoms with E-state index in [1.807, 2.05) is 12.1 Å². The molecule has 0 aliphatic heterocycles. The van der Waals surface area contributed by atoms with Gasteiger partial charge in [0.2, 0.25) is 5.89 Å². The Kier molecular flexibility index (Phi) is 4.09. The molecular formula is C14H15N7O2. The smallest absolute Gasteiger partial charge is 0.254 e. The minimum Gasteiger partial charge on any atom is -0.340 e. The first-order valence-electron chi connectivity index (χ1n) is 6.96. The lowest BCUT2D eigenvalue weighted by molar-refractivity contribution is 0.0780. The molecule has 3 rings (SSSR count). The summed E-state index contributed by atoms with van der Waals surface area (Å²) in [5, 5.41) is 14.8. The van der Waals surface area contributed by atoms with Gasteiger partial charge in [-0.05, 0) is 28.1 Å². The van der Waals surface area contributed by atoms with Gasteiger partial charge in [0.05, 0.1) is 13.1 Å². The van der Waals surface area contributed by atoms with Crippen LogP contribution in [0.3, 0.4) is 0 Å². The lowest BCUT2D eigenvalue weighted by Crippen LogP contribution is -2.26. The minimum absolute atomic E-state index is 0.110. The van der Waals surface area contributed by atoms with E-state index in [1.54, 1.807) is 42.0 Å². The van der Waals surface area contributed by atoms with Gasteiger partial charge in [0.15, 0.2) is 5.82 Å². The normalized spacial score (nSPS) is 10.7. The van der Waals surface area contributed by atoms with Gasteiger partial charge in [-0.25, -0.2) is 4.68 Å². The molecule has 0 aliphatic carbocycles. The largest absolute Gasteiger partial charge is 0.340 e. The zero-order chi connectivity index (χ0) is 16.2. The number of rotatable bonds is 5. The van der Waals surface area contributed by atoms with Gasteiger partial charge in [0.1, 0.15) is 6.33 Å². The van der Waals surface area contributed by atoms with Crippen molar-refractivity contribution in [3.8, 4) is 0 Å². The van der Waals surface area contributed by atoms with Gasteiger partial charge >= 0.3 is 0 Å². The Balaban J connectivity index is 1.64. The highest BCUT2D eigenvalue weighted by Crippen LogP contribution is 2.09. The molecule has 0 spiro atoms. The van der Waals surface area contributed by atoms with Crippen molar-refractivity contribution in [2.24, 2.45) is 0 Å². The summed E-state index contributed by atoms with van der Waals surface area (Å²) >= 11 is 0. The third kappa shape index (κ3) is 3.57. The number of hydrogen-bond acceptors (Lipinski definition) is 7. The number of carbonyl (C=O) groups excluding carboxylic acids is 1. The van der Waals surface area contributed by atoms with Crippen molar-refractivity contribution in [3.05, 3.63) is 53.4 Å². The fraction of sp³-hybridized carbons (Fsp3) is 0.286. The Labute approximate surface area is 131 Å². The molecule has 0 atom stereocenters. The molecular weight excluding hydrogens is 298 g/mol. The molecule has 0 saturated carbocycles. The Bertz CT molecular complexity index is 780. The molecule has 2 heterocycles. The van der Waals surface area contributed by atoms with Crippen LogP contribution in [0, 0.1) is 6.92 Å². The number of tetrazole rings is 1. The highest BCUT2D eigenvalue weighted by atomic mass is 16.5. The van der Waals surface area contributed by atoms with E-state index in [2.05, 4.69) is 25.7 Å². The first kappa shape index (κ1) is 14.8. The number of aromatic nitrogens is 6. The maximum absolute atomic E-state index is 12.4. The molecule has 0 fully saturated rings. The quantitative estimate of drug-likeness (QED) is 0.682. The van der Waals surface area contributed by atoms with Gasteiger partial charge < -0.3 is 9.42 Å². The summed E-state index contributed by atoms with van der Waals surface area (Å²) in [6.45, 7) is 2.56. The Morgan fingerprint density at radius 3 is 2.70 bits per heavy atom. The minimum atomic E-state index is -0.110. The van der Waals surface area contributed by atoms with Crippen LogP contribution in [-0.4, -0.2) is 48.2 Å². The van der Waals surface area contributed by atoms with E-state index >= 15 is 0 Å². The van der Waals surface area contributed by atoms with Crippen LogP contribution >= 0.6 is 0 Å². The Morgan fingerprint density at radius 2 is 2.09 bits per heavy atom. The van der Waals surface area contributed by atoms with Crippen molar-refractivity contribution < 1.29 is 9.32 Å². The van der Waals surface area contributed by atoms with Crippen LogP contribution in [0.15, 0.2) is 35.1 Å². The maximum atomic E-state index is 12.4. The zero-order valence-electron chi connectivity index (χ0n) is 12.7. The topological polar surface area (TPSA) is 103 Å². The van der Waals surface area contributed by atoms with Gasteiger partial charge in [0, 0.05) is 19.5 Å². The second-order valence-corrected chi connectivity index (χ2v) is 5.10. The van der Waals surface area contributed by atoms with E-state index in [0.717, 1.165) is 5.56 Å². The van der Waals surface area contributed by atoms with E-state index in [4.69, 9.17) is 4.52 Å². The number of amides is 1. The lowest BCUT2D eigenvalue weighted by atomic mass is 10.1. The van der Waals surface area contributed by atoms with E-state index in [9.17, 15) is 4.79 Å². The van der Waals surface area contributed by atoms with Gasteiger partial charge in [0.25, 0.3) is 5.91 Å². The van der Waals surface area contributed by atoms with Crippen molar-refractivity contribution in [1.29, 1.82) is 0 Å². The third-order valence-electron chi connectivity index (χ3n) is 3.23. The maximum Gasteiger partial charge on any atom is 0.254 e. The summed E-state index contributed by atoms with van der Waals surface area (Å²) in [5.74, 6) is 0.850. The molecule has 0 N–H and O–H groups in total. The standard InChI is InChI=1S/C14H15N7O2/c1-10-16-13(17-23-10)8-20(2)14(22)12-5-3-11(4-6-12)7-21-9-15-18-19-21/h3-6,9H,7-8H2,1-2H3. The predicted octanol–water partition coefficient (Wildman–Crippen LogP) is 0.685. The van der Waals surface area contributed by atoms with Crippen molar-refractivity contribution in [3.63, 3.8) is 0 Å². The number of nitrogens with zero attached hydrogens (tertiary/aromatic N) is 7. The first-order valence-corrected chi connectivity index (χ1v) is 6.96. The van der Waals surface area contributed by atoms with E-state index in [-0.39, 0.29) is 5.91 Å². The second-order valence-electron chi connectivity index (χ2n) is 5.10. The summed E-state index contributed by atoms with van der Waals surface area (Å²) in [4.78, 5) is 18.0. The summed E-state index contributed by atoms with van der Waals surface area (Å²) in [5.41, 5.74) is 1.60. The summed E-state index contributed by atoms with van der Waals surface area (Å²) in [6.07, 6.45) is 1.54. The summed E-state index contributed by atoms with van der Waals surface area (Å²) in [7, 11) is 1.70. The molecule has 1 amide bonds. The Morgan fingerprint density at radius 1 is 1.30 bits per heavy atom. The molecule has 0 unspecified atom stereocenters. The first-order chi connectivity index (χ1) is 11.1. The molecule has 0 aliphatic rings. The van der Waals surface area contributed by atoms with Crippen molar-refractivity contribution >= 4 is 5.91 Å². The van der Waals surface area contributed by atoms with Gasteiger partial charge in [-0.2, -0.15) is 4.98 Å². The van der Waals surface area contributed by atoms with Crippen LogP contribution < -0.4 is 0 Å². The average molecular weight is 313 g/mol. The van der Waals surface area contributed by atoms with Crippen molar-refractivity contribution in [1.82, 2.24) is 35.2 Å². The van der Waals surface area contributed by atoms with Gasteiger partial charge in [-0.15, -0.1) is 5.10 Å². The van der Waals surface area contributed by atoms with Crippen LogP contribution in [0.2, 0.25) is 0 Å². The molecule has 9 nitrogen and oxygen atoms in total. The van der Waals surface area contributed by atoms with E-state index in [0.29, 0.717) is 30.4 Å². The average Bonchev–Trinajstić information content (AvgIpc) is 3.19. The van der Waals surface area contributed by atoms with Crippen molar-refractivity contribution in [2.75, 3.05) is 7.05 Å². The summed E-state index contributed by atoms with van der Waals surface area (Å²) < 4.78 is 6.51. The number of hydrogen-bond donors (Lipinski definition) is 0. The molecule has 1 aromatic carbocycles. The van der Waals surface area contributed by atoms with E-state index in [1.165, 1.54) is 0 Å². The fourth-order valence-electron chi connectivity index (χ4n) is 2.10. The number of benzene rings is 1. The fourth-order valence-corrected chi connectivity index (χ4v) is 2.10. The highest BCUT2D eigenvalue weighted by Gasteiger charge is 2.14. The van der Waals surface area contributed by atoms with Gasteiger partial charge in [-0.3, -0.25) is 4.79 Å². The third-order valence-corrected chi connectivity index (χ3v) is 3.23. The Hall–Kier alpha value is -3.10. The molecule has 9 heteroatoms.